The lowest BCUT2D eigenvalue weighted by Crippen LogP contribution is -2.60. The van der Waals surface area contributed by atoms with Crippen LogP contribution in [0.15, 0.2) is 60.7 Å². The molecule has 0 atom stereocenters. The molecule has 0 saturated carbocycles. The van der Waals surface area contributed by atoms with Gasteiger partial charge in [0.2, 0.25) is 0 Å². The molecule has 0 aromatic heterocycles. The quantitative estimate of drug-likeness (QED) is 0.451. The normalized spacial score (nSPS) is 11.8. The van der Waals surface area contributed by atoms with Crippen molar-refractivity contribution in [3.05, 3.63) is 71.8 Å². The maximum absolute atomic E-state index is 13.6. The second kappa shape index (κ2) is 8.31. The molecule has 0 heterocycles. The van der Waals surface area contributed by atoms with Crippen LogP contribution >= 0.6 is 0 Å². The Bertz CT molecular complexity index is 702. The van der Waals surface area contributed by atoms with Gasteiger partial charge < -0.3 is 11.0 Å². The number of Topliss-reactive ketones (excluding diaryl/α,β-unsaturated/α-hetero) is 2. The third-order valence-corrected chi connectivity index (χ3v) is 3.60. The first-order valence-electron chi connectivity index (χ1n) is 6.86. The molecule has 4 N–H and O–H groups in total. The van der Waals surface area contributed by atoms with Gasteiger partial charge in [-0.05, 0) is 0 Å². The average molecular weight is 396 g/mol. The van der Waals surface area contributed by atoms with Gasteiger partial charge in [0, 0.05) is 11.1 Å². The summed E-state index contributed by atoms with van der Waals surface area (Å²) in [6.45, 7) is 0. The minimum atomic E-state index is -6.18. The lowest BCUT2D eigenvalue weighted by Gasteiger charge is -2.34. The fourth-order valence-corrected chi connectivity index (χ4v) is 2.39. The Labute approximate surface area is 149 Å². The van der Waals surface area contributed by atoms with E-state index in [1.165, 1.54) is 12.1 Å². The van der Waals surface area contributed by atoms with Gasteiger partial charge in [0.25, 0.3) is 5.41 Å². The molecular weight excluding hydrogens is 382 g/mol. The highest BCUT2D eigenvalue weighted by molar-refractivity contribution is 6.21. The van der Waals surface area contributed by atoms with Crippen LogP contribution in [0.2, 0.25) is 0 Å². The van der Waals surface area contributed by atoms with Crippen molar-refractivity contribution in [3.8, 4) is 0 Å². The van der Waals surface area contributed by atoms with Crippen molar-refractivity contribution in [1.82, 2.24) is 0 Å². The largest absolute Gasteiger partial charge is 0.417 e. The van der Waals surface area contributed by atoms with E-state index < -0.39 is 40.5 Å². The van der Waals surface area contributed by atoms with Gasteiger partial charge in [0.05, 0.1) is 0 Å². The van der Waals surface area contributed by atoms with Gasteiger partial charge >= 0.3 is 12.4 Å². The maximum Gasteiger partial charge on any atom is 0.417 e. The van der Waals surface area contributed by atoms with Crippen molar-refractivity contribution in [2.75, 3.05) is 0 Å². The molecule has 0 aliphatic heterocycles. The first kappa shape index (κ1) is 24.3. The molecule has 27 heavy (non-hydrogen) atoms. The summed E-state index contributed by atoms with van der Waals surface area (Å²) < 4.78 is 81.5. The predicted molar refractivity (Wildman–Crippen MR) is 83.3 cm³/mol. The Morgan fingerprint density at radius 3 is 1.04 bits per heavy atom. The molecule has 10 heteroatoms. The van der Waals surface area contributed by atoms with Crippen LogP contribution in [0.4, 0.5) is 26.3 Å². The van der Waals surface area contributed by atoms with E-state index >= 15 is 0 Å². The van der Waals surface area contributed by atoms with Crippen LogP contribution in [0.5, 0.6) is 0 Å². The Balaban J connectivity index is 0.00000338. The van der Waals surface area contributed by atoms with Crippen molar-refractivity contribution in [2.45, 2.75) is 12.4 Å². The number of alkyl halides is 6. The fourth-order valence-electron chi connectivity index (χ4n) is 2.39. The van der Waals surface area contributed by atoms with Crippen molar-refractivity contribution >= 4 is 11.6 Å². The Hall–Kier alpha value is -2.72. The van der Waals surface area contributed by atoms with Crippen molar-refractivity contribution in [1.29, 1.82) is 0 Å². The van der Waals surface area contributed by atoms with E-state index in [2.05, 4.69) is 0 Å². The molecule has 0 amide bonds. The van der Waals surface area contributed by atoms with E-state index in [1.54, 1.807) is 0 Å². The first-order chi connectivity index (χ1) is 11.5. The van der Waals surface area contributed by atoms with Crippen molar-refractivity contribution in [3.63, 3.8) is 0 Å². The van der Waals surface area contributed by atoms with Crippen molar-refractivity contribution in [2.24, 2.45) is 5.41 Å². The molecular formula is C17H14F6O4. The van der Waals surface area contributed by atoms with Gasteiger partial charge in [-0.1, -0.05) is 60.7 Å². The first-order valence-corrected chi connectivity index (χ1v) is 6.86. The molecule has 0 fully saturated rings. The number of carbonyl (C=O) groups excluding carboxylic acids is 2. The average Bonchev–Trinajstić information content (AvgIpc) is 2.54. The summed E-state index contributed by atoms with van der Waals surface area (Å²) in [5, 5.41) is 0. The summed E-state index contributed by atoms with van der Waals surface area (Å²) >= 11 is 0. The van der Waals surface area contributed by atoms with Crippen LogP contribution in [0, 0.1) is 5.41 Å². The van der Waals surface area contributed by atoms with Gasteiger partial charge in [0.1, 0.15) is 0 Å². The second-order valence-electron chi connectivity index (χ2n) is 5.14. The predicted octanol–water partition coefficient (Wildman–Crippen LogP) is 3.21. The molecule has 0 bridgehead atoms. The molecule has 0 aliphatic carbocycles. The summed E-state index contributed by atoms with van der Waals surface area (Å²) in [7, 11) is 0. The van der Waals surface area contributed by atoms with Gasteiger partial charge in [0.15, 0.2) is 11.6 Å². The topological polar surface area (TPSA) is 97.1 Å². The number of benzene rings is 2. The highest BCUT2D eigenvalue weighted by Crippen LogP contribution is 2.54. The van der Waals surface area contributed by atoms with E-state index in [0.29, 0.717) is 0 Å². The molecule has 4 nitrogen and oxygen atoms in total. The maximum atomic E-state index is 13.6. The van der Waals surface area contributed by atoms with Gasteiger partial charge in [-0.15, -0.1) is 0 Å². The van der Waals surface area contributed by atoms with E-state index in [0.717, 1.165) is 48.5 Å². The Kier molecular flexibility index (Phi) is 7.48. The molecule has 2 rings (SSSR count). The van der Waals surface area contributed by atoms with Crippen LogP contribution in [0.25, 0.3) is 0 Å². The summed E-state index contributed by atoms with van der Waals surface area (Å²) in [6, 6.07) is 10.3. The van der Waals surface area contributed by atoms with Crippen LogP contribution in [-0.4, -0.2) is 34.9 Å². The zero-order valence-corrected chi connectivity index (χ0v) is 13.4. The van der Waals surface area contributed by atoms with E-state index in [-0.39, 0.29) is 11.0 Å². The highest BCUT2D eigenvalue weighted by atomic mass is 19.4. The summed E-state index contributed by atoms with van der Waals surface area (Å²) in [4.78, 5) is 24.6. The van der Waals surface area contributed by atoms with Crippen LogP contribution in [0.3, 0.4) is 0 Å². The number of ketones is 2. The number of hydrogen-bond donors (Lipinski definition) is 0. The minimum Gasteiger partial charge on any atom is -0.412 e. The third-order valence-electron chi connectivity index (χ3n) is 3.60. The zero-order chi connectivity index (χ0) is 18.9. The minimum absolute atomic E-state index is 0. The van der Waals surface area contributed by atoms with Gasteiger partial charge in [-0.2, -0.15) is 26.3 Å². The second-order valence-corrected chi connectivity index (χ2v) is 5.14. The summed E-state index contributed by atoms with van der Waals surface area (Å²) in [5.74, 6) is -4.72. The van der Waals surface area contributed by atoms with Crippen LogP contribution in [0.1, 0.15) is 20.7 Å². The Morgan fingerprint density at radius 1 is 0.556 bits per heavy atom. The fraction of sp³-hybridized carbons (Fsp3) is 0.176. The number of carbonyl (C=O) groups is 2. The summed E-state index contributed by atoms with van der Waals surface area (Å²) in [6.07, 6.45) is -12.4. The number of hydrogen-bond acceptors (Lipinski definition) is 2. The summed E-state index contributed by atoms with van der Waals surface area (Å²) in [5.41, 5.74) is -6.90. The SMILES string of the molecule is O.O.O=C(c1ccccc1)C(C(=O)c1ccccc1)(C(F)(F)F)C(F)(F)F. The molecule has 0 aliphatic rings. The van der Waals surface area contributed by atoms with E-state index in [1.807, 2.05) is 0 Å². The highest BCUT2D eigenvalue weighted by Gasteiger charge is 2.79. The number of rotatable bonds is 4. The van der Waals surface area contributed by atoms with Crippen LogP contribution in [-0.2, 0) is 0 Å². The molecule has 0 saturated heterocycles. The smallest absolute Gasteiger partial charge is 0.412 e. The molecule has 2 aromatic rings. The van der Waals surface area contributed by atoms with Gasteiger partial charge in [-0.25, -0.2) is 0 Å². The molecule has 0 spiro atoms. The van der Waals surface area contributed by atoms with E-state index in [9.17, 15) is 35.9 Å². The standard InChI is InChI=1S/C17H10F6O2.2H2O/c18-16(19,20)15(17(21,22)23,13(24)11-7-3-1-4-8-11)14(25)12-9-5-2-6-10-12;;/h1-10H;2*1H2. The molecule has 0 radical (unpaired) electrons. The zero-order valence-electron chi connectivity index (χ0n) is 13.4. The third kappa shape index (κ3) is 4.01. The lowest BCUT2D eigenvalue weighted by molar-refractivity contribution is -0.295. The van der Waals surface area contributed by atoms with Crippen molar-refractivity contribution < 1.29 is 46.9 Å². The van der Waals surface area contributed by atoms with E-state index in [4.69, 9.17) is 0 Å². The Morgan fingerprint density at radius 2 is 0.815 bits per heavy atom. The molecule has 0 unspecified atom stereocenters. The lowest BCUT2D eigenvalue weighted by atomic mass is 9.73. The van der Waals surface area contributed by atoms with Gasteiger partial charge in [-0.3, -0.25) is 9.59 Å². The molecule has 2 aromatic carbocycles. The number of halogens is 6. The monoisotopic (exact) mass is 396 g/mol. The molecule has 148 valence electrons. The van der Waals surface area contributed by atoms with Crippen LogP contribution < -0.4 is 0 Å².